The summed E-state index contributed by atoms with van der Waals surface area (Å²) in [5.41, 5.74) is -0.850. The summed E-state index contributed by atoms with van der Waals surface area (Å²) < 4.78 is 55.3. The van der Waals surface area contributed by atoms with Crippen LogP contribution in [0.3, 0.4) is 0 Å². The van der Waals surface area contributed by atoms with E-state index < -0.39 is 17.6 Å². The van der Waals surface area contributed by atoms with Gasteiger partial charge in [-0.3, -0.25) is 0 Å². The molecule has 0 fully saturated rings. The van der Waals surface area contributed by atoms with E-state index in [1.165, 1.54) is 0 Å². The van der Waals surface area contributed by atoms with Gasteiger partial charge in [-0.15, -0.1) is 0 Å². The minimum absolute atomic E-state index is 0.0433. The lowest BCUT2D eigenvalue weighted by atomic mass is 10.1. The summed E-state index contributed by atoms with van der Waals surface area (Å²) in [5, 5.41) is 3.69. The molecule has 7 heteroatoms. The van der Waals surface area contributed by atoms with Crippen LogP contribution in [0.25, 0.3) is 11.3 Å². The molecule has 2 aromatic rings. The number of hydrogen-bond acceptors (Lipinski definition) is 2. The lowest BCUT2D eigenvalue weighted by molar-refractivity contribution is -0.139. The van der Waals surface area contributed by atoms with Crippen LogP contribution in [0.15, 0.2) is 22.7 Å². The first-order valence-electron chi connectivity index (χ1n) is 4.79. The third-order valence-electron chi connectivity index (χ3n) is 2.33. The van der Waals surface area contributed by atoms with Crippen molar-refractivity contribution in [1.82, 2.24) is 5.16 Å². The van der Waals surface area contributed by atoms with Gasteiger partial charge in [0, 0.05) is 5.56 Å². The van der Waals surface area contributed by atoms with Crippen LogP contribution in [0.2, 0.25) is 5.02 Å². The minimum Gasteiger partial charge on any atom is -0.354 e. The second-order valence-electron chi connectivity index (χ2n) is 3.60. The maximum Gasteiger partial charge on any atom is 0.419 e. The van der Waals surface area contributed by atoms with Gasteiger partial charge in [0.05, 0.1) is 11.3 Å². The normalized spacial score (nSPS) is 11.9. The van der Waals surface area contributed by atoms with Crippen LogP contribution in [0.1, 0.15) is 11.3 Å². The van der Waals surface area contributed by atoms with Gasteiger partial charge in [-0.25, -0.2) is 4.39 Å². The van der Waals surface area contributed by atoms with Crippen molar-refractivity contribution in [1.29, 1.82) is 0 Å². The molecule has 0 aliphatic rings. The van der Waals surface area contributed by atoms with Crippen LogP contribution >= 0.6 is 11.6 Å². The second-order valence-corrected chi connectivity index (χ2v) is 3.98. The monoisotopic (exact) mass is 279 g/mol. The van der Waals surface area contributed by atoms with E-state index in [9.17, 15) is 17.6 Å². The van der Waals surface area contributed by atoms with Crippen LogP contribution in [-0.2, 0) is 6.18 Å². The van der Waals surface area contributed by atoms with E-state index in [0.717, 1.165) is 6.07 Å². The Morgan fingerprint density at radius 1 is 1.28 bits per heavy atom. The number of aromatic nitrogens is 1. The third-order valence-corrected chi connectivity index (χ3v) is 2.77. The molecule has 0 radical (unpaired) electrons. The van der Waals surface area contributed by atoms with Gasteiger partial charge < -0.3 is 4.52 Å². The molecular weight excluding hydrogens is 274 g/mol. The highest BCUT2D eigenvalue weighted by molar-refractivity contribution is 6.33. The first kappa shape index (κ1) is 12.9. The lowest BCUT2D eigenvalue weighted by Crippen LogP contribution is -2.07. The van der Waals surface area contributed by atoms with Crippen LogP contribution in [0, 0.1) is 12.7 Å². The van der Waals surface area contributed by atoms with E-state index >= 15 is 0 Å². The molecule has 0 amide bonds. The number of alkyl halides is 3. The average molecular weight is 280 g/mol. The molecule has 0 atom stereocenters. The third kappa shape index (κ3) is 2.20. The quantitative estimate of drug-likeness (QED) is 0.720. The molecular formula is C11H6ClF4NO. The molecule has 0 N–H and O–H groups in total. The topological polar surface area (TPSA) is 26.0 Å². The zero-order valence-corrected chi connectivity index (χ0v) is 9.73. The van der Waals surface area contributed by atoms with Crippen molar-refractivity contribution in [2.24, 2.45) is 0 Å². The Morgan fingerprint density at radius 2 is 1.94 bits per heavy atom. The van der Waals surface area contributed by atoms with Crippen molar-refractivity contribution in [3.8, 4) is 11.3 Å². The highest BCUT2D eigenvalue weighted by Gasteiger charge is 2.34. The largest absolute Gasteiger partial charge is 0.419 e. The number of benzene rings is 1. The molecule has 0 unspecified atom stereocenters. The van der Waals surface area contributed by atoms with E-state index in [4.69, 9.17) is 16.1 Å². The first-order valence-corrected chi connectivity index (χ1v) is 5.17. The smallest absolute Gasteiger partial charge is 0.354 e. The Hall–Kier alpha value is -1.56. The molecule has 0 saturated carbocycles. The summed E-state index contributed by atoms with van der Waals surface area (Å²) in [4.78, 5) is 0. The molecule has 1 heterocycles. The summed E-state index contributed by atoms with van der Waals surface area (Å²) in [6.07, 6.45) is -4.73. The molecule has 96 valence electrons. The maximum atomic E-state index is 13.3. The van der Waals surface area contributed by atoms with Gasteiger partial charge in [-0.05, 0) is 19.1 Å². The summed E-state index contributed by atoms with van der Waals surface area (Å²) in [7, 11) is 0. The van der Waals surface area contributed by atoms with Crippen molar-refractivity contribution < 1.29 is 22.1 Å². The maximum absolute atomic E-state index is 13.3. The minimum atomic E-state index is -4.73. The van der Waals surface area contributed by atoms with Crippen molar-refractivity contribution >= 4 is 11.6 Å². The number of hydrogen-bond donors (Lipinski definition) is 0. The Kier molecular flexibility index (Phi) is 3.06. The predicted octanol–water partition coefficient (Wildman–Crippen LogP) is 4.46. The van der Waals surface area contributed by atoms with Gasteiger partial charge in [0.15, 0.2) is 5.76 Å². The molecule has 2 nitrogen and oxygen atoms in total. The molecule has 1 aromatic carbocycles. The van der Waals surface area contributed by atoms with E-state index in [1.54, 1.807) is 6.92 Å². The number of rotatable bonds is 1. The second kappa shape index (κ2) is 4.28. The van der Waals surface area contributed by atoms with Crippen LogP contribution in [0.5, 0.6) is 0 Å². The summed E-state index contributed by atoms with van der Waals surface area (Å²) in [6, 6.07) is 2.44. The van der Waals surface area contributed by atoms with E-state index in [-0.39, 0.29) is 16.3 Å². The lowest BCUT2D eigenvalue weighted by Gasteiger charge is -2.08. The van der Waals surface area contributed by atoms with Crippen LogP contribution in [0.4, 0.5) is 17.6 Å². The number of halogens is 5. The molecule has 0 spiro atoms. The van der Waals surface area contributed by atoms with Gasteiger partial charge in [-0.1, -0.05) is 22.8 Å². The number of aryl methyl sites for hydroxylation is 1. The van der Waals surface area contributed by atoms with Crippen molar-refractivity contribution in [3.05, 3.63) is 40.3 Å². The van der Waals surface area contributed by atoms with Crippen molar-refractivity contribution in [3.63, 3.8) is 0 Å². The molecule has 2 rings (SSSR count). The average Bonchev–Trinajstić information content (AvgIpc) is 2.58. The zero-order valence-electron chi connectivity index (χ0n) is 8.98. The summed E-state index contributed by atoms with van der Waals surface area (Å²) in [6.45, 7) is 1.57. The Bertz CT molecular complexity index is 591. The fourth-order valence-electron chi connectivity index (χ4n) is 1.42. The molecule has 0 aliphatic carbocycles. The zero-order chi connectivity index (χ0) is 13.5. The predicted molar refractivity (Wildman–Crippen MR) is 56.6 cm³/mol. The Morgan fingerprint density at radius 3 is 2.39 bits per heavy atom. The molecule has 0 aliphatic heterocycles. The summed E-state index contributed by atoms with van der Waals surface area (Å²) in [5.74, 6) is -1.34. The van der Waals surface area contributed by atoms with Gasteiger partial charge in [0.25, 0.3) is 0 Å². The van der Waals surface area contributed by atoms with E-state index in [0.29, 0.717) is 17.8 Å². The SMILES string of the molecule is Cc1noc(-c2ccc(C(F)(F)F)c(F)c2)c1Cl. The Labute approximate surface area is 104 Å². The van der Waals surface area contributed by atoms with E-state index in [2.05, 4.69) is 5.16 Å². The van der Waals surface area contributed by atoms with Crippen molar-refractivity contribution in [2.45, 2.75) is 13.1 Å². The van der Waals surface area contributed by atoms with Gasteiger partial charge in [0.2, 0.25) is 0 Å². The van der Waals surface area contributed by atoms with Gasteiger partial charge >= 0.3 is 6.18 Å². The fourth-order valence-corrected chi connectivity index (χ4v) is 1.60. The summed E-state index contributed by atoms with van der Waals surface area (Å²) >= 11 is 5.82. The fraction of sp³-hybridized carbons (Fsp3) is 0.182. The van der Waals surface area contributed by atoms with E-state index in [1.807, 2.05) is 0 Å². The van der Waals surface area contributed by atoms with Crippen molar-refractivity contribution in [2.75, 3.05) is 0 Å². The molecule has 18 heavy (non-hydrogen) atoms. The highest BCUT2D eigenvalue weighted by Crippen LogP contribution is 2.35. The molecule has 0 saturated heterocycles. The molecule has 1 aromatic heterocycles. The standard InChI is InChI=1S/C11H6ClF4NO/c1-5-9(12)10(18-17-5)6-2-3-7(8(13)4-6)11(14,15)16/h2-4H,1H3. The van der Waals surface area contributed by atoms with Gasteiger partial charge in [-0.2, -0.15) is 13.2 Å². The highest BCUT2D eigenvalue weighted by atomic mass is 35.5. The molecule has 0 bridgehead atoms. The van der Waals surface area contributed by atoms with Crippen LogP contribution < -0.4 is 0 Å². The number of nitrogens with zero attached hydrogens (tertiary/aromatic N) is 1. The van der Waals surface area contributed by atoms with Crippen LogP contribution in [-0.4, -0.2) is 5.16 Å². The Balaban J connectivity index is 2.50. The first-order chi connectivity index (χ1) is 8.30. The van der Waals surface area contributed by atoms with Gasteiger partial charge in [0.1, 0.15) is 10.8 Å².